The van der Waals surface area contributed by atoms with Crippen molar-refractivity contribution in [2.24, 2.45) is 4.99 Å². The number of rotatable bonds is 7. The van der Waals surface area contributed by atoms with Crippen LogP contribution in [-0.4, -0.2) is 37.6 Å². The maximum absolute atomic E-state index is 12.9. The SMILES string of the molecule is Cc1ccc(C(C)C)c(N2C(=O)CS/C2=N\C(=O)NNC(C)c2ccc(-c3ncn(-c4ccc(C(F)(F)F)cc4)n3)cc2)c1. The molecule has 228 valence electrons. The molecular weight excluding hydrogens is 591 g/mol. The Morgan fingerprint density at radius 1 is 1.02 bits per heavy atom. The van der Waals surface area contributed by atoms with E-state index in [9.17, 15) is 22.8 Å². The van der Waals surface area contributed by atoms with Crippen LogP contribution < -0.4 is 15.8 Å². The number of thioether (sulfide) groups is 1. The zero-order valence-electron chi connectivity index (χ0n) is 24.4. The van der Waals surface area contributed by atoms with Crippen LogP contribution in [0.1, 0.15) is 55.0 Å². The Hall–Kier alpha value is -4.49. The molecule has 1 aromatic heterocycles. The highest BCUT2D eigenvalue weighted by Crippen LogP contribution is 2.34. The van der Waals surface area contributed by atoms with E-state index in [0.29, 0.717) is 22.2 Å². The smallest absolute Gasteiger partial charge is 0.273 e. The van der Waals surface area contributed by atoms with Gasteiger partial charge in [-0.2, -0.15) is 18.2 Å². The lowest BCUT2D eigenvalue weighted by atomic mass is 9.99. The highest BCUT2D eigenvalue weighted by molar-refractivity contribution is 8.15. The predicted octanol–water partition coefficient (Wildman–Crippen LogP) is 6.80. The van der Waals surface area contributed by atoms with E-state index in [0.717, 1.165) is 34.5 Å². The number of hydrogen-bond donors (Lipinski definition) is 2. The van der Waals surface area contributed by atoms with Crippen LogP contribution in [0.15, 0.2) is 78.0 Å². The minimum Gasteiger partial charge on any atom is -0.273 e. The number of hydrazine groups is 1. The standard InChI is InChI=1S/C31H30F3N7O2S/c1-18(2)25-14-5-19(3)15-26(25)41-27(42)16-44-30(41)36-29(43)38-37-20(4)21-6-8-22(9-7-21)28-35-17-40(39-28)24-12-10-23(11-13-24)31(32,33)34/h5-15,17-18,20,37H,16H2,1-4H3,(H,38,43)/b36-30-. The summed E-state index contributed by atoms with van der Waals surface area (Å²) in [5.41, 5.74) is 9.56. The van der Waals surface area contributed by atoms with E-state index in [4.69, 9.17) is 0 Å². The van der Waals surface area contributed by atoms with Crippen molar-refractivity contribution in [3.63, 3.8) is 0 Å². The monoisotopic (exact) mass is 621 g/mol. The van der Waals surface area contributed by atoms with E-state index in [1.807, 2.05) is 56.3 Å². The summed E-state index contributed by atoms with van der Waals surface area (Å²) in [6, 6.07) is 17.0. The zero-order chi connectivity index (χ0) is 31.6. The number of alkyl halides is 3. The van der Waals surface area contributed by atoms with Crippen LogP contribution in [0.3, 0.4) is 0 Å². The molecule has 1 aliphatic rings. The van der Waals surface area contributed by atoms with Gasteiger partial charge in [0, 0.05) is 11.6 Å². The molecule has 3 amide bonds. The molecule has 0 aliphatic carbocycles. The van der Waals surface area contributed by atoms with Gasteiger partial charge in [-0.3, -0.25) is 15.1 Å². The number of amides is 3. The van der Waals surface area contributed by atoms with Gasteiger partial charge in [-0.15, -0.1) is 5.10 Å². The van der Waals surface area contributed by atoms with Crippen LogP contribution in [0.4, 0.5) is 23.7 Å². The Balaban J connectivity index is 1.22. The average Bonchev–Trinajstić information content (AvgIpc) is 3.62. The number of hydrogen-bond acceptors (Lipinski definition) is 6. The van der Waals surface area contributed by atoms with Crippen molar-refractivity contribution in [3.8, 4) is 17.1 Å². The number of aliphatic imine (C=N–C) groups is 1. The maximum atomic E-state index is 12.9. The molecule has 0 saturated carbocycles. The fourth-order valence-electron chi connectivity index (χ4n) is 4.63. The molecule has 1 fully saturated rings. The molecule has 9 nitrogen and oxygen atoms in total. The Bertz CT molecular complexity index is 1700. The first-order valence-corrected chi connectivity index (χ1v) is 14.8. The molecule has 2 heterocycles. The maximum Gasteiger partial charge on any atom is 0.416 e. The molecular formula is C31H30F3N7O2S. The molecule has 44 heavy (non-hydrogen) atoms. The van der Waals surface area contributed by atoms with E-state index < -0.39 is 17.8 Å². The molecule has 0 spiro atoms. The summed E-state index contributed by atoms with van der Waals surface area (Å²) in [4.78, 5) is 35.5. The van der Waals surface area contributed by atoms with E-state index >= 15 is 0 Å². The Labute approximate surface area is 256 Å². The van der Waals surface area contributed by atoms with Crippen molar-refractivity contribution in [1.82, 2.24) is 25.6 Å². The third-order valence-electron chi connectivity index (χ3n) is 7.03. The van der Waals surface area contributed by atoms with Crippen LogP contribution in [0.5, 0.6) is 0 Å². The lowest BCUT2D eigenvalue weighted by Gasteiger charge is -2.22. The normalized spacial score (nSPS) is 15.3. The summed E-state index contributed by atoms with van der Waals surface area (Å²) in [6.45, 7) is 7.92. The third-order valence-corrected chi connectivity index (χ3v) is 7.95. The van der Waals surface area contributed by atoms with Crippen LogP contribution in [0, 0.1) is 6.92 Å². The number of nitrogens with zero attached hydrogens (tertiary/aromatic N) is 5. The van der Waals surface area contributed by atoms with Gasteiger partial charge in [-0.1, -0.05) is 62.0 Å². The number of carbonyl (C=O) groups excluding carboxylic acids is 2. The minimum atomic E-state index is -4.41. The first-order chi connectivity index (χ1) is 20.9. The quantitative estimate of drug-likeness (QED) is 0.220. The molecule has 1 aliphatic heterocycles. The van der Waals surface area contributed by atoms with Gasteiger partial charge in [-0.25, -0.2) is 19.9 Å². The molecule has 4 aromatic rings. The summed E-state index contributed by atoms with van der Waals surface area (Å²) in [7, 11) is 0. The van der Waals surface area contributed by atoms with Gasteiger partial charge >= 0.3 is 12.2 Å². The topological polar surface area (TPSA) is 105 Å². The van der Waals surface area contributed by atoms with E-state index in [1.54, 1.807) is 0 Å². The number of carbonyl (C=O) groups is 2. The molecule has 1 unspecified atom stereocenters. The van der Waals surface area contributed by atoms with Gasteiger partial charge in [0.25, 0.3) is 0 Å². The lowest BCUT2D eigenvalue weighted by molar-refractivity contribution is -0.137. The fourth-order valence-corrected chi connectivity index (χ4v) is 5.49. The van der Waals surface area contributed by atoms with Crippen LogP contribution >= 0.6 is 11.8 Å². The number of aryl methyl sites for hydroxylation is 1. The van der Waals surface area contributed by atoms with Gasteiger partial charge in [0.1, 0.15) is 6.33 Å². The number of urea groups is 1. The molecule has 0 bridgehead atoms. The van der Waals surface area contributed by atoms with Gasteiger partial charge in [0.05, 0.1) is 22.7 Å². The zero-order valence-corrected chi connectivity index (χ0v) is 25.2. The number of anilines is 1. The van der Waals surface area contributed by atoms with Crippen LogP contribution in [-0.2, 0) is 11.0 Å². The highest BCUT2D eigenvalue weighted by atomic mass is 32.2. The van der Waals surface area contributed by atoms with Gasteiger partial charge in [-0.05, 0) is 66.8 Å². The number of aromatic nitrogens is 3. The summed E-state index contributed by atoms with van der Waals surface area (Å²) in [5, 5.41) is 4.71. The fraction of sp³-hybridized carbons (Fsp3) is 0.258. The number of halogens is 3. The molecule has 13 heteroatoms. The van der Waals surface area contributed by atoms with Gasteiger partial charge in [0.2, 0.25) is 5.91 Å². The van der Waals surface area contributed by atoms with Gasteiger partial charge in [0.15, 0.2) is 11.0 Å². The van der Waals surface area contributed by atoms with E-state index in [2.05, 4.69) is 39.8 Å². The summed E-state index contributed by atoms with van der Waals surface area (Å²) in [6.07, 6.45) is -2.97. The molecule has 5 rings (SSSR count). The average molecular weight is 622 g/mol. The van der Waals surface area contributed by atoms with E-state index in [1.165, 1.54) is 39.8 Å². The molecule has 3 aromatic carbocycles. The summed E-state index contributed by atoms with van der Waals surface area (Å²) in [5.74, 6) is 0.654. The van der Waals surface area contributed by atoms with Crippen LogP contribution in [0.2, 0.25) is 0 Å². The second-order valence-corrected chi connectivity index (χ2v) is 11.5. The predicted molar refractivity (Wildman–Crippen MR) is 165 cm³/mol. The second kappa shape index (κ2) is 12.6. The van der Waals surface area contributed by atoms with Crippen molar-refractivity contribution in [2.75, 3.05) is 10.7 Å². The summed E-state index contributed by atoms with van der Waals surface area (Å²) < 4.78 is 40.0. The minimum absolute atomic E-state index is 0.130. The third kappa shape index (κ3) is 6.84. The van der Waals surface area contributed by atoms with Crippen molar-refractivity contribution in [2.45, 2.75) is 45.8 Å². The van der Waals surface area contributed by atoms with Crippen LogP contribution in [0.25, 0.3) is 17.1 Å². The largest absolute Gasteiger partial charge is 0.416 e. The highest BCUT2D eigenvalue weighted by Gasteiger charge is 2.33. The first kappa shape index (κ1) is 31.0. The molecule has 1 saturated heterocycles. The Morgan fingerprint density at radius 2 is 1.73 bits per heavy atom. The molecule has 2 N–H and O–H groups in total. The van der Waals surface area contributed by atoms with Crippen molar-refractivity contribution in [3.05, 3.63) is 95.3 Å². The van der Waals surface area contributed by atoms with Crippen molar-refractivity contribution >= 4 is 34.6 Å². The summed E-state index contributed by atoms with van der Waals surface area (Å²) >= 11 is 1.22. The van der Waals surface area contributed by atoms with E-state index in [-0.39, 0.29) is 23.6 Å². The first-order valence-electron chi connectivity index (χ1n) is 13.8. The lowest BCUT2D eigenvalue weighted by Crippen LogP contribution is -2.39. The Kier molecular flexibility index (Phi) is 8.88. The number of benzene rings is 3. The number of nitrogens with one attached hydrogen (secondary N) is 2. The van der Waals surface area contributed by atoms with Crippen molar-refractivity contribution in [1.29, 1.82) is 0 Å². The number of amidine groups is 1. The second-order valence-electron chi connectivity index (χ2n) is 10.6. The van der Waals surface area contributed by atoms with Crippen molar-refractivity contribution < 1.29 is 22.8 Å². The van der Waals surface area contributed by atoms with Gasteiger partial charge < -0.3 is 0 Å². The molecule has 0 radical (unpaired) electrons. The molecule has 1 atom stereocenters. The Morgan fingerprint density at radius 3 is 2.39 bits per heavy atom.